The zero-order chi connectivity index (χ0) is 29.4. The lowest BCUT2D eigenvalue weighted by Gasteiger charge is -2.39. The molecular weight excluding hydrogens is 520 g/mol. The number of carbonyl (C=O) groups excluding carboxylic acids is 2. The van der Waals surface area contributed by atoms with Gasteiger partial charge in [-0.2, -0.15) is 0 Å². The Hall–Kier alpha value is -4.07. The third kappa shape index (κ3) is 7.57. The van der Waals surface area contributed by atoms with Crippen molar-refractivity contribution in [1.29, 1.82) is 0 Å². The standard InChI is InChI=1S/C33H40N2O6/c1-6-23-8-10-24(11-9-23)22-41-29-13-12-25(18-30(29)38-4)26-20-35(21-26)31(36)28-19-27(14-16-34-28)40-17-7-15-33(2,3)32(37)39-5/h8-14,16,18-19,26H,6-7,15,17,20-22H2,1-5H3. The Morgan fingerprint density at radius 3 is 2.37 bits per heavy atom. The van der Waals surface area contributed by atoms with Crippen molar-refractivity contribution in [2.24, 2.45) is 5.41 Å². The molecular formula is C33H40N2O6. The highest BCUT2D eigenvalue weighted by Gasteiger charge is 2.33. The minimum atomic E-state index is -0.566. The Bertz CT molecular complexity index is 1330. The maximum atomic E-state index is 13.1. The van der Waals surface area contributed by atoms with Crippen LogP contribution in [0.2, 0.25) is 0 Å². The van der Waals surface area contributed by atoms with Gasteiger partial charge in [-0.1, -0.05) is 37.3 Å². The molecule has 0 N–H and O–H groups in total. The molecule has 8 nitrogen and oxygen atoms in total. The molecule has 0 radical (unpaired) electrons. The molecule has 0 aliphatic carbocycles. The molecule has 1 amide bonds. The summed E-state index contributed by atoms with van der Waals surface area (Å²) in [6.45, 7) is 7.94. The van der Waals surface area contributed by atoms with Crippen molar-refractivity contribution < 1.29 is 28.5 Å². The van der Waals surface area contributed by atoms with E-state index in [1.54, 1.807) is 30.3 Å². The molecule has 0 saturated carbocycles. The maximum absolute atomic E-state index is 13.1. The fourth-order valence-electron chi connectivity index (χ4n) is 4.81. The van der Waals surface area contributed by atoms with Crippen LogP contribution in [0.3, 0.4) is 0 Å². The summed E-state index contributed by atoms with van der Waals surface area (Å²) in [6, 6.07) is 17.8. The van der Waals surface area contributed by atoms with Gasteiger partial charge in [-0.15, -0.1) is 0 Å². The molecule has 2 heterocycles. The van der Waals surface area contributed by atoms with Crippen molar-refractivity contribution in [3.05, 3.63) is 83.2 Å². The number of hydrogen-bond acceptors (Lipinski definition) is 7. The molecule has 3 aromatic rings. The van der Waals surface area contributed by atoms with Gasteiger partial charge in [0.05, 0.1) is 26.2 Å². The zero-order valence-electron chi connectivity index (χ0n) is 24.6. The predicted octanol–water partition coefficient (Wildman–Crippen LogP) is 5.83. The van der Waals surface area contributed by atoms with Gasteiger partial charge in [0.2, 0.25) is 0 Å². The van der Waals surface area contributed by atoms with E-state index in [4.69, 9.17) is 18.9 Å². The summed E-state index contributed by atoms with van der Waals surface area (Å²) in [4.78, 5) is 31.0. The second-order valence-corrected chi connectivity index (χ2v) is 11.0. The lowest BCUT2D eigenvalue weighted by atomic mass is 9.88. The zero-order valence-corrected chi connectivity index (χ0v) is 24.6. The largest absolute Gasteiger partial charge is 0.493 e. The number of pyridine rings is 1. The van der Waals surface area contributed by atoms with E-state index >= 15 is 0 Å². The van der Waals surface area contributed by atoms with E-state index < -0.39 is 5.41 Å². The van der Waals surface area contributed by atoms with Gasteiger partial charge >= 0.3 is 5.97 Å². The monoisotopic (exact) mass is 560 g/mol. The van der Waals surface area contributed by atoms with Crippen molar-refractivity contribution in [3.63, 3.8) is 0 Å². The lowest BCUT2D eigenvalue weighted by molar-refractivity contribution is -0.151. The van der Waals surface area contributed by atoms with Crippen molar-refractivity contribution in [2.45, 2.75) is 52.6 Å². The molecule has 0 unspecified atom stereocenters. The fourth-order valence-corrected chi connectivity index (χ4v) is 4.81. The van der Waals surface area contributed by atoms with E-state index in [2.05, 4.69) is 36.2 Å². The Morgan fingerprint density at radius 1 is 0.951 bits per heavy atom. The van der Waals surface area contributed by atoms with Crippen molar-refractivity contribution in [2.75, 3.05) is 33.9 Å². The molecule has 218 valence electrons. The SMILES string of the molecule is CCc1ccc(COc2ccc(C3CN(C(=O)c4cc(OCCCC(C)(C)C(=O)OC)ccn4)C3)cc2OC)cc1. The average molecular weight is 561 g/mol. The van der Waals surface area contributed by atoms with Gasteiger partial charge < -0.3 is 23.8 Å². The predicted molar refractivity (Wildman–Crippen MR) is 157 cm³/mol. The van der Waals surface area contributed by atoms with E-state index in [1.807, 2.05) is 32.0 Å². The number of likely N-dealkylation sites (tertiary alicyclic amines) is 1. The Kier molecular flexibility index (Phi) is 9.86. The van der Waals surface area contributed by atoms with Crippen LogP contribution in [0.4, 0.5) is 0 Å². The summed E-state index contributed by atoms with van der Waals surface area (Å²) in [7, 11) is 3.03. The number of hydrogen-bond donors (Lipinski definition) is 0. The summed E-state index contributed by atoms with van der Waals surface area (Å²) >= 11 is 0. The van der Waals surface area contributed by atoms with Crippen molar-refractivity contribution in [1.82, 2.24) is 9.88 Å². The number of ether oxygens (including phenoxy) is 4. The van der Waals surface area contributed by atoms with Crippen LogP contribution in [0.5, 0.6) is 17.2 Å². The molecule has 41 heavy (non-hydrogen) atoms. The smallest absolute Gasteiger partial charge is 0.311 e. The number of nitrogens with zero attached hydrogens (tertiary/aromatic N) is 2. The first-order valence-corrected chi connectivity index (χ1v) is 14.1. The van der Waals surface area contributed by atoms with Crippen LogP contribution in [-0.2, 0) is 22.6 Å². The topological polar surface area (TPSA) is 87.2 Å². The number of rotatable bonds is 13. The number of esters is 1. The Balaban J connectivity index is 1.28. The molecule has 1 aliphatic heterocycles. The maximum Gasteiger partial charge on any atom is 0.311 e. The molecule has 1 saturated heterocycles. The quantitative estimate of drug-likeness (QED) is 0.192. The third-order valence-electron chi connectivity index (χ3n) is 7.56. The van der Waals surface area contributed by atoms with Crippen LogP contribution in [0.15, 0.2) is 60.8 Å². The Morgan fingerprint density at radius 2 is 1.68 bits per heavy atom. The van der Waals surface area contributed by atoms with Gasteiger partial charge in [0.1, 0.15) is 18.1 Å². The van der Waals surface area contributed by atoms with E-state index in [9.17, 15) is 9.59 Å². The van der Waals surface area contributed by atoms with Gasteiger partial charge in [-0.25, -0.2) is 0 Å². The molecule has 0 atom stereocenters. The minimum absolute atomic E-state index is 0.125. The molecule has 8 heteroatoms. The summed E-state index contributed by atoms with van der Waals surface area (Å²) in [5.74, 6) is 1.80. The molecule has 2 aromatic carbocycles. The molecule has 1 fully saturated rings. The van der Waals surface area contributed by atoms with Gasteiger partial charge in [-0.3, -0.25) is 14.6 Å². The minimum Gasteiger partial charge on any atom is -0.493 e. The first kappa shape index (κ1) is 29.9. The van der Waals surface area contributed by atoms with Crippen LogP contribution in [0.25, 0.3) is 0 Å². The van der Waals surface area contributed by atoms with Crippen LogP contribution in [0, 0.1) is 5.41 Å². The highest BCUT2D eigenvalue weighted by atomic mass is 16.5. The normalized spacial score (nSPS) is 13.3. The van der Waals surface area contributed by atoms with Crippen LogP contribution >= 0.6 is 0 Å². The second kappa shape index (κ2) is 13.5. The van der Waals surface area contributed by atoms with Gasteiger partial charge in [0.15, 0.2) is 11.5 Å². The second-order valence-electron chi connectivity index (χ2n) is 11.0. The number of amides is 1. The van der Waals surface area contributed by atoms with Crippen molar-refractivity contribution >= 4 is 11.9 Å². The Labute approximate surface area is 242 Å². The van der Waals surface area contributed by atoms with Gasteiger partial charge in [0.25, 0.3) is 5.91 Å². The summed E-state index contributed by atoms with van der Waals surface area (Å²) in [5.41, 5.74) is 3.29. The highest BCUT2D eigenvalue weighted by molar-refractivity contribution is 5.93. The van der Waals surface area contributed by atoms with Crippen molar-refractivity contribution in [3.8, 4) is 17.2 Å². The van der Waals surface area contributed by atoms with Crippen LogP contribution < -0.4 is 14.2 Å². The summed E-state index contributed by atoms with van der Waals surface area (Å²) < 4.78 is 22.3. The molecule has 0 spiro atoms. The summed E-state index contributed by atoms with van der Waals surface area (Å²) in [6.07, 6.45) is 3.91. The number of aryl methyl sites for hydroxylation is 1. The van der Waals surface area contributed by atoms with E-state index in [1.165, 1.54) is 12.7 Å². The molecule has 1 aromatic heterocycles. The molecule has 0 bridgehead atoms. The fraction of sp³-hybridized carbons (Fsp3) is 0.424. The molecule has 4 rings (SSSR count). The first-order chi connectivity index (χ1) is 19.7. The number of aromatic nitrogens is 1. The average Bonchev–Trinajstić information content (AvgIpc) is 2.97. The van der Waals surface area contributed by atoms with E-state index in [0.29, 0.717) is 62.1 Å². The lowest BCUT2D eigenvalue weighted by Crippen LogP contribution is -2.48. The van der Waals surface area contributed by atoms with Crippen LogP contribution in [-0.4, -0.2) is 55.7 Å². The summed E-state index contributed by atoms with van der Waals surface area (Å²) in [5, 5.41) is 0. The van der Waals surface area contributed by atoms with E-state index in [0.717, 1.165) is 17.5 Å². The third-order valence-corrected chi connectivity index (χ3v) is 7.56. The molecule has 1 aliphatic rings. The number of benzene rings is 2. The number of methoxy groups -OCH3 is 2. The van der Waals surface area contributed by atoms with E-state index in [-0.39, 0.29) is 17.8 Å². The van der Waals surface area contributed by atoms with Gasteiger partial charge in [-0.05, 0) is 68.0 Å². The highest BCUT2D eigenvalue weighted by Crippen LogP contribution is 2.35. The number of carbonyl (C=O) groups is 2. The van der Waals surface area contributed by atoms with Crippen LogP contribution in [0.1, 0.15) is 66.7 Å². The first-order valence-electron chi connectivity index (χ1n) is 14.1. The van der Waals surface area contributed by atoms with Gasteiger partial charge in [0, 0.05) is 31.3 Å².